The summed E-state index contributed by atoms with van der Waals surface area (Å²) in [5.41, 5.74) is 0.589. The fourth-order valence-electron chi connectivity index (χ4n) is 3.20. The van der Waals surface area contributed by atoms with E-state index in [2.05, 4.69) is 6.58 Å². The van der Waals surface area contributed by atoms with Gasteiger partial charge in [-0.15, -0.1) is 0 Å². The zero-order valence-corrected chi connectivity index (χ0v) is 12.8. The number of methoxy groups -OCH3 is 3. The van der Waals surface area contributed by atoms with Crippen LogP contribution in [0.25, 0.3) is 0 Å². The number of hydrogen-bond acceptors (Lipinski definition) is 6. The number of carbonyl (C=O) groups is 3. The molecule has 2 heterocycles. The van der Waals surface area contributed by atoms with Crippen LogP contribution in [0.1, 0.15) is 6.42 Å². The van der Waals surface area contributed by atoms with E-state index in [1.54, 1.807) is 6.08 Å². The predicted molar refractivity (Wildman–Crippen MR) is 75.8 cm³/mol. The van der Waals surface area contributed by atoms with Crippen LogP contribution in [-0.2, 0) is 23.8 Å². The Hall–Kier alpha value is -2.31. The van der Waals surface area contributed by atoms with Gasteiger partial charge in [0.05, 0.1) is 32.9 Å². The van der Waals surface area contributed by atoms with Gasteiger partial charge in [-0.2, -0.15) is 0 Å². The summed E-state index contributed by atoms with van der Waals surface area (Å²) in [6.07, 6.45) is 1.87. The SMILES string of the molecule is C=C(C(=O)OC)[C@H]1C[C@H]2C=C(C(=O)OC)[C@@H]1N(C(=O)OC)C2. The maximum atomic E-state index is 12.0. The third kappa shape index (κ3) is 2.58. The van der Waals surface area contributed by atoms with Crippen LogP contribution in [0.4, 0.5) is 4.79 Å². The quantitative estimate of drug-likeness (QED) is 0.438. The molecule has 0 radical (unpaired) electrons. The Labute approximate surface area is 128 Å². The van der Waals surface area contributed by atoms with E-state index in [1.165, 1.54) is 26.2 Å². The van der Waals surface area contributed by atoms with Crippen LogP contribution in [0, 0.1) is 11.8 Å². The summed E-state index contributed by atoms with van der Waals surface area (Å²) in [6.45, 7) is 4.21. The summed E-state index contributed by atoms with van der Waals surface area (Å²) in [6, 6.07) is -0.628. The van der Waals surface area contributed by atoms with Crippen LogP contribution in [0.5, 0.6) is 0 Å². The molecule has 0 saturated carbocycles. The van der Waals surface area contributed by atoms with E-state index in [-0.39, 0.29) is 11.5 Å². The van der Waals surface area contributed by atoms with Gasteiger partial charge in [0.2, 0.25) is 0 Å². The van der Waals surface area contributed by atoms with Crippen molar-refractivity contribution >= 4 is 18.0 Å². The molecule has 120 valence electrons. The first kappa shape index (κ1) is 16.1. The highest BCUT2D eigenvalue weighted by atomic mass is 16.5. The molecule has 0 spiro atoms. The minimum Gasteiger partial charge on any atom is -0.466 e. The fraction of sp³-hybridized carbons (Fsp3) is 0.533. The molecule has 0 N–H and O–H groups in total. The molecule has 2 bridgehead atoms. The number of rotatable bonds is 3. The van der Waals surface area contributed by atoms with E-state index >= 15 is 0 Å². The minimum absolute atomic E-state index is 0.0652. The lowest BCUT2D eigenvalue weighted by molar-refractivity contribution is -0.140. The van der Waals surface area contributed by atoms with Crippen molar-refractivity contribution in [1.29, 1.82) is 0 Å². The first-order valence-corrected chi connectivity index (χ1v) is 6.86. The zero-order valence-electron chi connectivity index (χ0n) is 12.8. The van der Waals surface area contributed by atoms with Gasteiger partial charge in [0.1, 0.15) is 0 Å². The summed E-state index contributed by atoms with van der Waals surface area (Å²) in [5.74, 6) is -1.54. The number of fused-ring (bicyclic) bond motifs is 2. The van der Waals surface area contributed by atoms with Gasteiger partial charge in [-0.05, 0) is 12.3 Å². The van der Waals surface area contributed by atoms with Crippen LogP contribution in [0.2, 0.25) is 0 Å². The van der Waals surface area contributed by atoms with Gasteiger partial charge in [-0.3, -0.25) is 4.90 Å². The van der Waals surface area contributed by atoms with E-state index in [1.807, 2.05) is 0 Å². The minimum atomic E-state index is -0.628. The average Bonchev–Trinajstić information content (AvgIpc) is 2.58. The Bertz CT molecular complexity index is 552. The largest absolute Gasteiger partial charge is 0.466 e. The molecule has 2 aliphatic heterocycles. The monoisotopic (exact) mass is 309 g/mol. The Balaban J connectivity index is 2.40. The Morgan fingerprint density at radius 3 is 2.41 bits per heavy atom. The Morgan fingerprint density at radius 2 is 1.86 bits per heavy atom. The van der Waals surface area contributed by atoms with Crippen molar-refractivity contribution in [2.75, 3.05) is 27.9 Å². The van der Waals surface area contributed by atoms with Crippen molar-refractivity contribution in [3.63, 3.8) is 0 Å². The van der Waals surface area contributed by atoms with Crippen LogP contribution in [0.15, 0.2) is 23.8 Å². The van der Waals surface area contributed by atoms with E-state index in [0.29, 0.717) is 18.5 Å². The second-order valence-corrected chi connectivity index (χ2v) is 5.30. The van der Waals surface area contributed by atoms with Crippen LogP contribution >= 0.6 is 0 Å². The maximum Gasteiger partial charge on any atom is 0.410 e. The number of nitrogens with zero attached hydrogens (tertiary/aromatic N) is 1. The topological polar surface area (TPSA) is 82.1 Å². The molecule has 1 fully saturated rings. The van der Waals surface area contributed by atoms with Crippen LogP contribution < -0.4 is 0 Å². The van der Waals surface area contributed by atoms with Crippen LogP contribution in [-0.4, -0.2) is 56.8 Å². The highest BCUT2D eigenvalue weighted by molar-refractivity contribution is 5.94. The van der Waals surface area contributed by atoms with Gasteiger partial charge < -0.3 is 14.2 Å². The summed E-state index contributed by atoms with van der Waals surface area (Å²) in [4.78, 5) is 37.2. The van der Waals surface area contributed by atoms with Gasteiger partial charge in [0.25, 0.3) is 0 Å². The molecule has 3 atom stereocenters. The smallest absolute Gasteiger partial charge is 0.410 e. The number of hydrogen-bond donors (Lipinski definition) is 0. The van der Waals surface area contributed by atoms with Gasteiger partial charge >= 0.3 is 18.0 Å². The molecule has 22 heavy (non-hydrogen) atoms. The normalized spacial score (nSPS) is 26.0. The van der Waals surface area contributed by atoms with Crippen molar-refractivity contribution in [1.82, 2.24) is 4.90 Å². The molecule has 7 heteroatoms. The molecular weight excluding hydrogens is 290 g/mol. The predicted octanol–water partition coefficient (Wildman–Crippen LogP) is 0.902. The molecule has 1 amide bonds. The lowest BCUT2D eigenvalue weighted by Gasteiger charge is -2.47. The lowest BCUT2D eigenvalue weighted by Crippen LogP contribution is -2.57. The molecule has 1 aliphatic carbocycles. The summed E-state index contributed by atoms with van der Waals surface area (Å²) in [7, 11) is 3.82. The lowest BCUT2D eigenvalue weighted by atomic mass is 9.70. The molecular formula is C15H19NO6. The van der Waals surface area contributed by atoms with Crippen molar-refractivity contribution in [2.24, 2.45) is 11.8 Å². The average molecular weight is 309 g/mol. The molecule has 3 aliphatic rings. The van der Waals surface area contributed by atoms with E-state index < -0.39 is 30.0 Å². The highest BCUT2D eigenvalue weighted by Crippen LogP contribution is 2.42. The second-order valence-electron chi connectivity index (χ2n) is 5.30. The Kier molecular flexibility index (Phi) is 4.54. The van der Waals surface area contributed by atoms with Gasteiger partial charge in [0, 0.05) is 18.0 Å². The van der Waals surface area contributed by atoms with E-state index in [4.69, 9.17) is 14.2 Å². The third-order valence-corrected chi connectivity index (χ3v) is 4.16. The summed E-state index contributed by atoms with van der Waals surface area (Å²) < 4.78 is 14.3. The van der Waals surface area contributed by atoms with E-state index in [0.717, 1.165) is 0 Å². The van der Waals surface area contributed by atoms with Crippen molar-refractivity contribution < 1.29 is 28.6 Å². The molecule has 0 aromatic heterocycles. The molecule has 1 saturated heterocycles. The molecule has 0 aromatic rings. The third-order valence-electron chi connectivity index (χ3n) is 4.16. The van der Waals surface area contributed by atoms with Crippen molar-refractivity contribution in [3.05, 3.63) is 23.8 Å². The summed E-state index contributed by atoms with van der Waals surface area (Å²) in [5, 5.41) is 0. The zero-order chi connectivity index (χ0) is 16.4. The van der Waals surface area contributed by atoms with Crippen molar-refractivity contribution in [3.8, 4) is 0 Å². The standard InChI is InChI=1S/C15H19NO6/c1-8(13(17)20-2)10-5-9-6-11(14(18)21-3)12(10)16(7-9)15(19)22-4/h6,9-10,12H,1,5,7H2,2-4H3/t9-,10+,12+/m0/s1. The fourth-order valence-corrected chi connectivity index (χ4v) is 3.20. The van der Waals surface area contributed by atoms with Gasteiger partial charge in [-0.1, -0.05) is 12.7 Å². The second kappa shape index (κ2) is 6.21. The van der Waals surface area contributed by atoms with Crippen molar-refractivity contribution in [2.45, 2.75) is 12.5 Å². The molecule has 3 rings (SSSR count). The Morgan fingerprint density at radius 1 is 1.18 bits per heavy atom. The van der Waals surface area contributed by atoms with Crippen LogP contribution in [0.3, 0.4) is 0 Å². The number of amides is 1. The molecule has 0 aromatic carbocycles. The first-order chi connectivity index (χ1) is 10.4. The van der Waals surface area contributed by atoms with E-state index in [9.17, 15) is 14.4 Å². The van der Waals surface area contributed by atoms with Gasteiger partial charge in [0.15, 0.2) is 0 Å². The highest BCUT2D eigenvalue weighted by Gasteiger charge is 2.48. The number of piperidine rings is 1. The van der Waals surface area contributed by atoms with Gasteiger partial charge in [-0.25, -0.2) is 14.4 Å². The molecule has 0 unspecified atom stereocenters. The number of ether oxygens (including phenoxy) is 3. The number of esters is 2. The maximum absolute atomic E-state index is 12.0. The number of carbonyl (C=O) groups excluding carboxylic acids is 3. The summed E-state index contributed by atoms with van der Waals surface area (Å²) >= 11 is 0. The first-order valence-electron chi connectivity index (χ1n) is 6.86. The molecule has 7 nitrogen and oxygen atoms in total.